The summed E-state index contributed by atoms with van der Waals surface area (Å²) in [5.74, 6) is 0.969. The normalized spacial score (nSPS) is 11.1. The number of rotatable bonds is 4. The van der Waals surface area contributed by atoms with Gasteiger partial charge in [0.05, 0.1) is 16.6 Å². The number of hydrogen-bond acceptors (Lipinski definition) is 4. The van der Waals surface area contributed by atoms with Crippen LogP contribution in [-0.2, 0) is 0 Å². The van der Waals surface area contributed by atoms with E-state index in [9.17, 15) is 15.4 Å². The molecule has 0 unspecified atom stereocenters. The summed E-state index contributed by atoms with van der Waals surface area (Å²) in [4.78, 5) is 10.4. The van der Waals surface area contributed by atoms with Gasteiger partial charge in [-0.05, 0) is 35.9 Å². The van der Waals surface area contributed by atoms with Gasteiger partial charge in [-0.1, -0.05) is 35.9 Å². The molecular formula is C19H11ClN2O3. The van der Waals surface area contributed by atoms with Gasteiger partial charge in [-0.25, -0.2) is 0 Å². The molecule has 0 atom stereocenters. The van der Waals surface area contributed by atoms with Crippen molar-refractivity contribution in [1.82, 2.24) is 0 Å². The number of nitriles is 1. The number of hydrogen-bond donors (Lipinski definition) is 0. The summed E-state index contributed by atoms with van der Waals surface area (Å²) in [6.07, 6.45) is 1.62. The number of benzene rings is 2. The predicted molar refractivity (Wildman–Crippen MR) is 95.7 cm³/mol. The Morgan fingerprint density at radius 2 is 1.92 bits per heavy atom. The van der Waals surface area contributed by atoms with Gasteiger partial charge in [-0.15, -0.1) is 0 Å². The summed E-state index contributed by atoms with van der Waals surface area (Å²) in [5, 5.41) is 20.8. The van der Waals surface area contributed by atoms with Crippen molar-refractivity contribution < 1.29 is 9.34 Å². The number of nitrogens with zero attached hydrogens (tertiary/aromatic N) is 2. The van der Waals surface area contributed by atoms with Crippen molar-refractivity contribution >= 4 is 28.9 Å². The average Bonchev–Trinajstić information content (AvgIpc) is 3.09. The highest BCUT2D eigenvalue weighted by molar-refractivity contribution is 6.30. The van der Waals surface area contributed by atoms with Crippen molar-refractivity contribution in [1.29, 1.82) is 5.26 Å². The van der Waals surface area contributed by atoms with Crippen LogP contribution in [0.2, 0.25) is 5.02 Å². The average molecular weight is 351 g/mol. The molecule has 5 nitrogen and oxygen atoms in total. The predicted octanol–water partition coefficient (Wildman–Crippen LogP) is 5.57. The Morgan fingerprint density at radius 1 is 1.16 bits per heavy atom. The molecule has 0 aliphatic heterocycles. The van der Waals surface area contributed by atoms with E-state index in [1.165, 1.54) is 12.1 Å². The molecule has 0 bridgehead atoms. The second-order valence-electron chi connectivity index (χ2n) is 5.19. The van der Waals surface area contributed by atoms with Crippen LogP contribution in [0.5, 0.6) is 0 Å². The Bertz CT molecular complexity index is 998. The van der Waals surface area contributed by atoms with E-state index in [4.69, 9.17) is 16.0 Å². The van der Waals surface area contributed by atoms with Crippen LogP contribution in [0, 0.1) is 21.4 Å². The summed E-state index contributed by atoms with van der Waals surface area (Å²) >= 11 is 5.86. The molecule has 3 rings (SSSR count). The van der Waals surface area contributed by atoms with E-state index in [1.54, 1.807) is 54.6 Å². The smallest absolute Gasteiger partial charge is 0.270 e. The molecule has 0 spiro atoms. The molecule has 0 N–H and O–H groups in total. The molecule has 1 heterocycles. The molecule has 122 valence electrons. The molecular weight excluding hydrogens is 340 g/mol. The minimum atomic E-state index is -0.457. The van der Waals surface area contributed by atoms with Gasteiger partial charge in [0.25, 0.3) is 5.69 Å². The first kappa shape index (κ1) is 16.5. The molecule has 0 aliphatic rings. The van der Waals surface area contributed by atoms with E-state index >= 15 is 0 Å². The van der Waals surface area contributed by atoms with Crippen molar-refractivity contribution in [2.45, 2.75) is 0 Å². The summed E-state index contributed by atoms with van der Waals surface area (Å²) < 4.78 is 5.71. The third-order valence-electron chi connectivity index (χ3n) is 3.53. The van der Waals surface area contributed by atoms with Crippen molar-refractivity contribution in [2.24, 2.45) is 0 Å². The van der Waals surface area contributed by atoms with Crippen LogP contribution in [0.15, 0.2) is 65.1 Å². The van der Waals surface area contributed by atoms with Crippen LogP contribution in [0.1, 0.15) is 11.3 Å². The molecule has 1 aromatic heterocycles. The van der Waals surface area contributed by atoms with E-state index in [2.05, 4.69) is 6.07 Å². The summed E-state index contributed by atoms with van der Waals surface area (Å²) in [6.45, 7) is 0. The number of non-ortho nitro benzene ring substituents is 1. The Balaban J connectivity index is 1.93. The van der Waals surface area contributed by atoms with Gasteiger partial charge in [0.2, 0.25) is 0 Å². The maximum absolute atomic E-state index is 10.9. The summed E-state index contributed by atoms with van der Waals surface area (Å²) in [6, 6.07) is 18.6. The Hall–Kier alpha value is -3.36. The molecule has 0 radical (unpaired) electrons. The number of nitro benzene ring substituents is 1. The highest BCUT2D eigenvalue weighted by Gasteiger charge is 2.10. The third-order valence-corrected chi connectivity index (χ3v) is 3.78. The highest BCUT2D eigenvalue weighted by Crippen LogP contribution is 2.27. The molecule has 0 amide bonds. The van der Waals surface area contributed by atoms with E-state index in [1.807, 2.05) is 0 Å². The minimum Gasteiger partial charge on any atom is -0.457 e. The Labute approximate surface area is 148 Å². The van der Waals surface area contributed by atoms with Crippen LogP contribution in [-0.4, -0.2) is 4.92 Å². The number of furan rings is 1. The Morgan fingerprint density at radius 3 is 2.60 bits per heavy atom. The Kier molecular flexibility index (Phi) is 4.64. The van der Waals surface area contributed by atoms with Crippen molar-refractivity contribution in [3.8, 4) is 17.4 Å². The highest BCUT2D eigenvalue weighted by atomic mass is 35.5. The molecule has 3 aromatic rings. The summed E-state index contributed by atoms with van der Waals surface area (Å²) in [5.41, 5.74) is 1.74. The van der Waals surface area contributed by atoms with Crippen LogP contribution in [0.4, 0.5) is 5.69 Å². The fourth-order valence-electron chi connectivity index (χ4n) is 2.31. The summed E-state index contributed by atoms with van der Waals surface area (Å²) in [7, 11) is 0. The van der Waals surface area contributed by atoms with Gasteiger partial charge in [0.15, 0.2) is 0 Å². The van der Waals surface area contributed by atoms with Gasteiger partial charge in [-0.3, -0.25) is 10.1 Å². The lowest BCUT2D eigenvalue weighted by atomic mass is 10.1. The van der Waals surface area contributed by atoms with Crippen molar-refractivity contribution in [3.05, 3.63) is 87.1 Å². The van der Waals surface area contributed by atoms with E-state index < -0.39 is 4.92 Å². The molecule has 0 fully saturated rings. The standard InChI is InChI=1S/C19H11ClN2O3/c20-16-6-4-13(5-7-16)15(12-21)11-18-8-9-19(25-18)14-2-1-3-17(10-14)22(23)24/h1-11H. The van der Waals surface area contributed by atoms with Crippen LogP contribution in [0.3, 0.4) is 0 Å². The zero-order chi connectivity index (χ0) is 17.8. The van der Waals surface area contributed by atoms with E-state index in [0.29, 0.717) is 27.7 Å². The number of allylic oxidation sites excluding steroid dienone is 1. The number of halogens is 1. The van der Waals surface area contributed by atoms with Crippen molar-refractivity contribution in [2.75, 3.05) is 0 Å². The monoisotopic (exact) mass is 350 g/mol. The lowest BCUT2D eigenvalue weighted by Crippen LogP contribution is -1.87. The third kappa shape index (κ3) is 3.77. The fraction of sp³-hybridized carbons (Fsp3) is 0. The second kappa shape index (κ2) is 7.04. The van der Waals surface area contributed by atoms with Gasteiger partial charge in [0.1, 0.15) is 11.5 Å². The van der Waals surface area contributed by atoms with E-state index in [-0.39, 0.29) is 5.69 Å². The quantitative estimate of drug-likeness (QED) is 0.350. The fourth-order valence-corrected chi connectivity index (χ4v) is 2.44. The first-order valence-corrected chi connectivity index (χ1v) is 7.67. The zero-order valence-electron chi connectivity index (χ0n) is 12.8. The van der Waals surface area contributed by atoms with E-state index in [0.717, 1.165) is 5.56 Å². The first-order chi connectivity index (χ1) is 12.1. The first-order valence-electron chi connectivity index (χ1n) is 7.29. The van der Waals surface area contributed by atoms with Crippen LogP contribution >= 0.6 is 11.6 Å². The molecule has 0 saturated heterocycles. The second-order valence-corrected chi connectivity index (χ2v) is 5.62. The van der Waals surface area contributed by atoms with Crippen molar-refractivity contribution in [3.63, 3.8) is 0 Å². The molecule has 0 saturated carbocycles. The van der Waals surface area contributed by atoms with Gasteiger partial charge < -0.3 is 4.42 Å². The van der Waals surface area contributed by atoms with Gasteiger partial charge in [-0.2, -0.15) is 5.26 Å². The lowest BCUT2D eigenvalue weighted by molar-refractivity contribution is -0.384. The largest absolute Gasteiger partial charge is 0.457 e. The minimum absolute atomic E-state index is 0.00938. The molecule has 0 aliphatic carbocycles. The van der Waals surface area contributed by atoms with Crippen LogP contribution < -0.4 is 0 Å². The molecule has 6 heteroatoms. The zero-order valence-corrected chi connectivity index (χ0v) is 13.6. The topological polar surface area (TPSA) is 80.1 Å². The maximum atomic E-state index is 10.9. The van der Waals surface area contributed by atoms with Gasteiger partial charge in [0, 0.05) is 22.7 Å². The van der Waals surface area contributed by atoms with Crippen LogP contribution in [0.25, 0.3) is 23.0 Å². The molecule has 25 heavy (non-hydrogen) atoms. The molecule has 2 aromatic carbocycles. The van der Waals surface area contributed by atoms with Gasteiger partial charge >= 0.3 is 0 Å². The SMILES string of the molecule is N#CC(=Cc1ccc(-c2cccc([N+](=O)[O-])c2)o1)c1ccc(Cl)cc1. The number of nitro groups is 1. The lowest BCUT2D eigenvalue weighted by Gasteiger charge is -1.99. The maximum Gasteiger partial charge on any atom is 0.270 e.